The number of benzene rings is 1. The minimum absolute atomic E-state index is 0.0484. The van der Waals surface area contributed by atoms with E-state index in [2.05, 4.69) is 15.0 Å². The van der Waals surface area contributed by atoms with Crippen LogP contribution >= 0.6 is 11.3 Å². The molecule has 0 aliphatic rings. The van der Waals surface area contributed by atoms with E-state index in [4.69, 9.17) is 0 Å². The lowest BCUT2D eigenvalue weighted by Crippen LogP contribution is -2.20. The van der Waals surface area contributed by atoms with Crippen molar-refractivity contribution in [3.63, 3.8) is 0 Å². The van der Waals surface area contributed by atoms with Crippen molar-refractivity contribution < 1.29 is 27.5 Å². The minimum Gasteiger partial charge on any atom is -0.456 e. The molecule has 0 atom stereocenters. The lowest BCUT2D eigenvalue weighted by molar-refractivity contribution is -0.146. The number of hydrogen-bond acceptors (Lipinski definition) is 5. The Labute approximate surface area is 120 Å². The smallest absolute Gasteiger partial charge is 0.306 e. The molecule has 0 spiro atoms. The number of halogens is 3. The SMILES string of the molecule is CCC(=O)OCC(=O)Nc1nc2c(F)c(F)c(F)cc2s1. The highest BCUT2D eigenvalue weighted by molar-refractivity contribution is 7.22. The first-order valence-corrected chi connectivity index (χ1v) is 6.63. The zero-order valence-electron chi connectivity index (χ0n) is 10.7. The van der Waals surface area contributed by atoms with Gasteiger partial charge in [-0.05, 0) is 6.07 Å². The van der Waals surface area contributed by atoms with Gasteiger partial charge in [0.1, 0.15) is 5.52 Å². The van der Waals surface area contributed by atoms with E-state index >= 15 is 0 Å². The van der Waals surface area contributed by atoms with Gasteiger partial charge in [-0.15, -0.1) is 0 Å². The van der Waals surface area contributed by atoms with E-state index in [1.165, 1.54) is 0 Å². The normalized spacial score (nSPS) is 10.7. The van der Waals surface area contributed by atoms with E-state index in [0.29, 0.717) is 0 Å². The molecule has 2 aromatic rings. The quantitative estimate of drug-likeness (QED) is 0.695. The van der Waals surface area contributed by atoms with Crippen LogP contribution in [0, 0.1) is 17.5 Å². The van der Waals surface area contributed by atoms with Crippen molar-refractivity contribution in [1.82, 2.24) is 4.98 Å². The van der Waals surface area contributed by atoms with E-state index in [1.807, 2.05) is 0 Å². The molecule has 1 N–H and O–H groups in total. The minimum atomic E-state index is -1.62. The molecule has 0 saturated carbocycles. The van der Waals surface area contributed by atoms with Crippen LogP contribution in [-0.2, 0) is 14.3 Å². The number of thiazole rings is 1. The van der Waals surface area contributed by atoms with E-state index in [9.17, 15) is 22.8 Å². The second-order valence-electron chi connectivity index (χ2n) is 3.91. The summed E-state index contributed by atoms with van der Waals surface area (Å²) in [5, 5.41) is 2.21. The van der Waals surface area contributed by atoms with E-state index in [1.54, 1.807) is 6.92 Å². The zero-order valence-corrected chi connectivity index (χ0v) is 11.5. The first-order chi connectivity index (χ1) is 9.92. The van der Waals surface area contributed by atoms with E-state index in [0.717, 1.165) is 17.4 Å². The Balaban J connectivity index is 2.15. The molecule has 9 heteroatoms. The summed E-state index contributed by atoms with van der Waals surface area (Å²) < 4.78 is 44.2. The second kappa shape index (κ2) is 6.08. The molecule has 1 aromatic heterocycles. The number of carbonyl (C=O) groups is 2. The van der Waals surface area contributed by atoms with Gasteiger partial charge in [-0.2, -0.15) is 0 Å². The zero-order chi connectivity index (χ0) is 15.6. The monoisotopic (exact) mass is 318 g/mol. The second-order valence-corrected chi connectivity index (χ2v) is 4.95. The van der Waals surface area contributed by atoms with Gasteiger partial charge in [0.05, 0.1) is 4.70 Å². The first kappa shape index (κ1) is 15.2. The number of amides is 1. The Morgan fingerprint density at radius 1 is 1.33 bits per heavy atom. The van der Waals surface area contributed by atoms with E-state index < -0.39 is 35.9 Å². The van der Waals surface area contributed by atoms with Crippen molar-refractivity contribution in [1.29, 1.82) is 0 Å². The van der Waals surface area contributed by atoms with Crippen LogP contribution in [0.2, 0.25) is 0 Å². The first-order valence-electron chi connectivity index (χ1n) is 5.82. The number of hydrogen-bond donors (Lipinski definition) is 1. The van der Waals surface area contributed by atoms with Crippen molar-refractivity contribution in [3.05, 3.63) is 23.5 Å². The molecule has 21 heavy (non-hydrogen) atoms. The number of fused-ring (bicyclic) bond motifs is 1. The number of carbonyl (C=O) groups excluding carboxylic acids is 2. The Hall–Kier alpha value is -2.16. The fraction of sp³-hybridized carbons (Fsp3) is 0.250. The third-order valence-electron chi connectivity index (χ3n) is 2.42. The largest absolute Gasteiger partial charge is 0.456 e. The molecule has 112 valence electrons. The summed E-state index contributed by atoms with van der Waals surface area (Å²) >= 11 is 0.772. The fourth-order valence-corrected chi connectivity index (χ4v) is 2.34. The molecule has 0 aliphatic carbocycles. The maximum atomic E-state index is 13.5. The molecule has 0 bridgehead atoms. The number of ether oxygens (including phenoxy) is 1. The summed E-state index contributed by atoms with van der Waals surface area (Å²) in [6.07, 6.45) is 0.123. The van der Waals surface area contributed by atoms with Crippen LogP contribution in [0.25, 0.3) is 10.2 Å². The maximum Gasteiger partial charge on any atom is 0.306 e. The Morgan fingerprint density at radius 3 is 2.71 bits per heavy atom. The predicted octanol–water partition coefficient (Wildman–Crippen LogP) is 2.61. The summed E-state index contributed by atoms with van der Waals surface area (Å²) in [5.41, 5.74) is -0.375. The molecule has 0 aliphatic heterocycles. The number of esters is 1. The fourth-order valence-electron chi connectivity index (χ4n) is 1.43. The van der Waals surface area contributed by atoms with Crippen molar-refractivity contribution in [2.24, 2.45) is 0 Å². The third-order valence-corrected chi connectivity index (χ3v) is 3.34. The maximum absolute atomic E-state index is 13.5. The number of rotatable bonds is 4. The van der Waals surface area contributed by atoms with Gasteiger partial charge in [0.25, 0.3) is 5.91 Å². The van der Waals surface area contributed by atoms with Crippen LogP contribution in [0.15, 0.2) is 6.07 Å². The van der Waals surface area contributed by atoms with Crippen molar-refractivity contribution in [2.75, 3.05) is 11.9 Å². The van der Waals surface area contributed by atoms with Crippen molar-refractivity contribution in [2.45, 2.75) is 13.3 Å². The van der Waals surface area contributed by atoms with Crippen LogP contribution in [0.1, 0.15) is 13.3 Å². The molecule has 5 nitrogen and oxygen atoms in total. The van der Waals surface area contributed by atoms with Gasteiger partial charge in [0, 0.05) is 6.42 Å². The van der Waals surface area contributed by atoms with Gasteiger partial charge in [0.2, 0.25) is 0 Å². The Kier molecular flexibility index (Phi) is 4.41. The predicted molar refractivity (Wildman–Crippen MR) is 69.4 cm³/mol. The van der Waals surface area contributed by atoms with Gasteiger partial charge < -0.3 is 4.74 Å². The van der Waals surface area contributed by atoms with Crippen LogP contribution in [-0.4, -0.2) is 23.5 Å². The molecule has 0 saturated heterocycles. The topological polar surface area (TPSA) is 68.3 Å². The molecule has 1 amide bonds. The molecule has 2 rings (SSSR count). The lowest BCUT2D eigenvalue weighted by Gasteiger charge is -2.02. The third kappa shape index (κ3) is 3.30. The number of nitrogens with one attached hydrogen (secondary N) is 1. The van der Waals surface area contributed by atoms with Gasteiger partial charge in [-0.1, -0.05) is 18.3 Å². The Morgan fingerprint density at radius 2 is 2.05 bits per heavy atom. The average Bonchev–Trinajstić information content (AvgIpc) is 2.84. The molecule has 1 aromatic carbocycles. The standard InChI is InChI=1S/C12H9F3N2O3S/c1-2-8(19)20-4-7(18)16-12-17-11-6(21-12)3-5(13)9(14)10(11)15/h3H,2,4H2,1H3,(H,16,17,18). The van der Waals surface area contributed by atoms with Gasteiger partial charge in [0.15, 0.2) is 29.2 Å². The lowest BCUT2D eigenvalue weighted by atomic mass is 10.3. The van der Waals surface area contributed by atoms with Gasteiger partial charge in [-0.25, -0.2) is 18.2 Å². The Bertz CT molecular complexity index is 717. The van der Waals surface area contributed by atoms with Gasteiger partial charge >= 0.3 is 5.97 Å². The molecule has 1 heterocycles. The van der Waals surface area contributed by atoms with Crippen LogP contribution in [0.4, 0.5) is 18.3 Å². The number of nitrogens with zero attached hydrogens (tertiary/aromatic N) is 1. The summed E-state index contributed by atoms with van der Waals surface area (Å²) in [5.74, 6) is -5.61. The summed E-state index contributed by atoms with van der Waals surface area (Å²) in [4.78, 5) is 26.0. The highest BCUT2D eigenvalue weighted by Crippen LogP contribution is 2.30. The van der Waals surface area contributed by atoms with Crippen LogP contribution in [0.5, 0.6) is 0 Å². The molecule has 0 radical (unpaired) electrons. The summed E-state index contributed by atoms with van der Waals surface area (Å²) in [7, 11) is 0. The number of anilines is 1. The summed E-state index contributed by atoms with van der Waals surface area (Å²) in [6, 6.07) is 0.790. The number of aromatic nitrogens is 1. The van der Waals surface area contributed by atoms with Crippen LogP contribution < -0.4 is 5.32 Å². The van der Waals surface area contributed by atoms with E-state index in [-0.39, 0.29) is 21.8 Å². The van der Waals surface area contributed by atoms with Crippen molar-refractivity contribution >= 4 is 38.6 Å². The summed E-state index contributed by atoms with van der Waals surface area (Å²) in [6.45, 7) is 1.05. The highest BCUT2D eigenvalue weighted by Gasteiger charge is 2.18. The van der Waals surface area contributed by atoms with Crippen LogP contribution in [0.3, 0.4) is 0 Å². The molecule has 0 unspecified atom stereocenters. The van der Waals surface area contributed by atoms with Gasteiger partial charge in [-0.3, -0.25) is 14.9 Å². The molecular formula is C12H9F3N2O3S. The average molecular weight is 318 g/mol. The highest BCUT2D eigenvalue weighted by atomic mass is 32.1. The molecular weight excluding hydrogens is 309 g/mol. The van der Waals surface area contributed by atoms with Crippen molar-refractivity contribution in [3.8, 4) is 0 Å². The molecule has 0 fully saturated rings.